The van der Waals surface area contributed by atoms with Gasteiger partial charge in [0.15, 0.2) is 5.76 Å². The zero-order valence-corrected chi connectivity index (χ0v) is 13.1. The highest BCUT2D eigenvalue weighted by atomic mass is 16.3. The summed E-state index contributed by atoms with van der Waals surface area (Å²) >= 11 is 0. The molecule has 2 N–H and O–H groups in total. The molecule has 7 heteroatoms. The van der Waals surface area contributed by atoms with Gasteiger partial charge < -0.3 is 19.5 Å². The number of pyridine rings is 1. The topological polar surface area (TPSA) is 97.4 Å². The molecule has 0 unspecified atom stereocenters. The van der Waals surface area contributed by atoms with Crippen molar-refractivity contribution in [3.05, 3.63) is 84.1 Å². The number of carbonyl (C=O) groups excluding carboxylic acids is 2. The number of nitrogens with one attached hydrogen (secondary N) is 2. The minimum atomic E-state index is -0.520. The van der Waals surface area contributed by atoms with E-state index in [9.17, 15) is 9.59 Å². The number of amides is 2. The van der Waals surface area contributed by atoms with E-state index >= 15 is 0 Å². The van der Waals surface area contributed by atoms with E-state index in [0.717, 1.165) is 0 Å². The number of aromatic nitrogens is 1. The van der Waals surface area contributed by atoms with Crippen LogP contribution in [0.15, 0.2) is 75.8 Å². The first-order chi connectivity index (χ1) is 12.2. The van der Waals surface area contributed by atoms with Gasteiger partial charge in [0, 0.05) is 12.4 Å². The van der Waals surface area contributed by atoms with E-state index < -0.39 is 11.8 Å². The van der Waals surface area contributed by atoms with Gasteiger partial charge in [-0.1, -0.05) is 6.07 Å². The number of nitrogens with zero attached hydrogens (tertiary/aromatic N) is 1. The van der Waals surface area contributed by atoms with E-state index in [1.807, 2.05) is 0 Å². The van der Waals surface area contributed by atoms with Crippen molar-refractivity contribution in [3.8, 4) is 0 Å². The second kappa shape index (κ2) is 7.78. The van der Waals surface area contributed by atoms with Crippen molar-refractivity contribution in [3.63, 3.8) is 0 Å². The van der Waals surface area contributed by atoms with Crippen molar-refractivity contribution in [2.45, 2.75) is 6.54 Å². The lowest BCUT2D eigenvalue weighted by Crippen LogP contribution is -2.34. The molecular weight excluding hydrogens is 322 g/mol. The molecule has 0 atom stereocenters. The van der Waals surface area contributed by atoms with Crippen LogP contribution in [0.2, 0.25) is 0 Å². The molecule has 0 saturated carbocycles. The van der Waals surface area contributed by atoms with E-state index in [4.69, 9.17) is 8.83 Å². The quantitative estimate of drug-likeness (QED) is 0.673. The molecule has 0 aliphatic carbocycles. The van der Waals surface area contributed by atoms with Crippen LogP contribution in [0.5, 0.6) is 0 Å². The van der Waals surface area contributed by atoms with Gasteiger partial charge in [-0.25, -0.2) is 0 Å². The normalized spacial score (nSPS) is 11.1. The van der Waals surface area contributed by atoms with Gasteiger partial charge in [-0.3, -0.25) is 14.6 Å². The lowest BCUT2D eigenvalue weighted by Gasteiger charge is -2.09. The minimum Gasteiger partial charge on any atom is -0.467 e. The largest absolute Gasteiger partial charge is 0.467 e. The second-order valence-electron chi connectivity index (χ2n) is 5.04. The summed E-state index contributed by atoms with van der Waals surface area (Å²) in [5.41, 5.74) is 0.742. The molecule has 25 heavy (non-hydrogen) atoms. The summed E-state index contributed by atoms with van der Waals surface area (Å²) in [5.74, 6) is -0.268. The van der Waals surface area contributed by atoms with Gasteiger partial charge in [0.25, 0.3) is 11.8 Å². The summed E-state index contributed by atoms with van der Waals surface area (Å²) in [6.45, 7) is 0.201. The fraction of sp³-hybridized carbons (Fsp3) is 0.0556. The Balaban J connectivity index is 1.77. The van der Waals surface area contributed by atoms with Crippen molar-refractivity contribution >= 4 is 17.9 Å². The molecule has 3 heterocycles. The van der Waals surface area contributed by atoms with E-state index in [1.54, 1.807) is 42.7 Å². The Kier molecular flexibility index (Phi) is 5.06. The van der Waals surface area contributed by atoms with Crippen LogP contribution in [0.4, 0.5) is 0 Å². The number of hydrogen-bond acceptors (Lipinski definition) is 5. The highest BCUT2D eigenvalue weighted by Gasteiger charge is 2.16. The highest BCUT2D eigenvalue weighted by molar-refractivity contribution is 6.04. The van der Waals surface area contributed by atoms with Gasteiger partial charge >= 0.3 is 0 Å². The van der Waals surface area contributed by atoms with Gasteiger partial charge in [-0.15, -0.1) is 0 Å². The fourth-order valence-electron chi connectivity index (χ4n) is 2.05. The summed E-state index contributed by atoms with van der Waals surface area (Å²) in [6, 6.07) is 10.1. The molecular formula is C18H15N3O4. The summed E-state index contributed by atoms with van der Waals surface area (Å²) in [4.78, 5) is 28.6. The molecule has 7 nitrogen and oxygen atoms in total. The van der Waals surface area contributed by atoms with Gasteiger partial charge in [0.2, 0.25) is 0 Å². The van der Waals surface area contributed by atoms with Crippen LogP contribution in [-0.4, -0.2) is 16.8 Å². The Morgan fingerprint density at radius 1 is 1.08 bits per heavy atom. The molecule has 0 fully saturated rings. The Morgan fingerprint density at radius 2 is 1.92 bits per heavy atom. The summed E-state index contributed by atoms with van der Waals surface area (Å²) < 4.78 is 10.2. The van der Waals surface area contributed by atoms with E-state index in [1.165, 1.54) is 24.7 Å². The predicted octanol–water partition coefficient (Wildman–Crippen LogP) is 2.35. The highest BCUT2D eigenvalue weighted by Crippen LogP contribution is 2.07. The number of furan rings is 2. The average Bonchev–Trinajstić information content (AvgIpc) is 3.33. The Morgan fingerprint density at radius 3 is 2.60 bits per heavy atom. The Bertz CT molecular complexity index is 853. The maximum absolute atomic E-state index is 12.5. The molecule has 3 aromatic heterocycles. The third-order valence-corrected chi connectivity index (χ3v) is 3.24. The molecule has 0 bridgehead atoms. The zero-order chi connectivity index (χ0) is 17.5. The van der Waals surface area contributed by atoms with E-state index in [2.05, 4.69) is 15.6 Å². The molecule has 0 aromatic carbocycles. The first kappa shape index (κ1) is 16.3. The zero-order valence-electron chi connectivity index (χ0n) is 13.1. The molecule has 3 rings (SSSR count). The van der Waals surface area contributed by atoms with Crippen molar-refractivity contribution in [2.75, 3.05) is 0 Å². The SMILES string of the molecule is O=C(NCc1ccco1)C(=Cc1cccnc1)NC(=O)c1ccco1. The van der Waals surface area contributed by atoms with Crippen molar-refractivity contribution in [1.29, 1.82) is 0 Å². The van der Waals surface area contributed by atoms with Crippen LogP contribution < -0.4 is 10.6 Å². The van der Waals surface area contributed by atoms with Crippen LogP contribution >= 0.6 is 0 Å². The second-order valence-corrected chi connectivity index (χ2v) is 5.04. The number of carbonyl (C=O) groups is 2. The standard InChI is InChI=1S/C18H15N3O4/c22-17(20-12-14-5-2-8-24-14)15(10-13-4-1-7-19-11-13)21-18(23)16-6-3-9-25-16/h1-11H,12H2,(H,20,22)(H,21,23). The first-order valence-corrected chi connectivity index (χ1v) is 7.49. The molecule has 0 spiro atoms. The maximum Gasteiger partial charge on any atom is 0.291 e. The molecule has 0 aliphatic heterocycles. The van der Waals surface area contributed by atoms with Crippen LogP contribution in [0, 0.1) is 0 Å². The fourth-order valence-corrected chi connectivity index (χ4v) is 2.05. The molecule has 0 saturated heterocycles. The predicted molar refractivity (Wildman–Crippen MR) is 88.9 cm³/mol. The van der Waals surface area contributed by atoms with Gasteiger partial charge in [0.05, 0.1) is 19.1 Å². The molecule has 2 amide bonds. The first-order valence-electron chi connectivity index (χ1n) is 7.49. The summed E-state index contributed by atoms with van der Waals surface area (Å²) in [5, 5.41) is 5.25. The third kappa shape index (κ3) is 4.44. The van der Waals surface area contributed by atoms with Crippen molar-refractivity contribution < 1.29 is 18.4 Å². The molecule has 126 valence electrons. The van der Waals surface area contributed by atoms with Crippen LogP contribution in [0.1, 0.15) is 21.9 Å². The third-order valence-electron chi connectivity index (χ3n) is 3.24. The van der Waals surface area contributed by atoms with Crippen LogP contribution in [-0.2, 0) is 11.3 Å². The lowest BCUT2D eigenvalue weighted by atomic mass is 10.2. The van der Waals surface area contributed by atoms with Gasteiger partial charge in [-0.2, -0.15) is 0 Å². The van der Waals surface area contributed by atoms with E-state index in [0.29, 0.717) is 11.3 Å². The van der Waals surface area contributed by atoms with Crippen LogP contribution in [0.3, 0.4) is 0 Å². The van der Waals surface area contributed by atoms with E-state index in [-0.39, 0.29) is 18.0 Å². The summed E-state index contributed by atoms with van der Waals surface area (Å²) in [7, 11) is 0. The van der Waals surface area contributed by atoms with Crippen molar-refractivity contribution in [2.24, 2.45) is 0 Å². The van der Waals surface area contributed by atoms with Crippen molar-refractivity contribution in [1.82, 2.24) is 15.6 Å². The summed E-state index contributed by atoms with van der Waals surface area (Å²) in [6.07, 6.45) is 7.64. The minimum absolute atomic E-state index is 0.0703. The number of rotatable bonds is 6. The molecule has 0 aliphatic rings. The van der Waals surface area contributed by atoms with Gasteiger partial charge in [-0.05, 0) is 42.0 Å². The Labute approximate surface area is 143 Å². The monoisotopic (exact) mass is 337 g/mol. The maximum atomic E-state index is 12.5. The van der Waals surface area contributed by atoms with Crippen LogP contribution in [0.25, 0.3) is 6.08 Å². The number of hydrogen-bond donors (Lipinski definition) is 2. The molecule has 0 radical (unpaired) electrons. The smallest absolute Gasteiger partial charge is 0.291 e. The Hall–Kier alpha value is -3.61. The van der Waals surface area contributed by atoms with Gasteiger partial charge in [0.1, 0.15) is 11.5 Å². The lowest BCUT2D eigenvalue weighted by molar-refractivity contribution is -0.118. The average molecular weight is 337 g/mol. The molecule has 3 aromatic rings.